The molecule has 5 nitrogen and oxygen atoms in total. The van der Waals surface area contributed by atoms with E-state index in [0.717, 1.165) is 24.6 Å². The molecule has 1 N–H and O–H groups in total. The van der Waals surface area contributed by atoms with Crippen LogP contribution in [-0.4, -0.2) is 19.7 Å². The highest BCUT2D eigenvalue weighted by Gasteiger charge is 2.13. The molecule has 2 heterocycles. The van der Waals surface area contributed by atoms with E-state index in [1.54, 1.807) is 6.20 Å². The van der Waals surface area contributed by atoms with Crippen molar-refractivity contribution in [3.63, 3.8) is 0 Å². The summed E-state index contributed by atoms with van der Waals surface area (Å²) in [5.74, 6) is 0.805. The highest BCUT2D eigenvalue weighted by molar-refractivity contribution is 5.06. The van der Waals surface area contributed by atoms with E-state index in [4.69, 9.17) is 0 Å². The Kier molecular flexibility index (Phi) is 3.95. The fourth-order valence-electron chi connectivity index (χ4n) is 1.76. The van der Waals surface area contributed by atoms with Crippen LogP contribution in [0, 0.1) is 6.92 Å². The first kappa shape index (κ1) is 13.7. The first-order valence-corrected chi connectivity index (χ1v) is 6.48. The van der Waals surface area contributed by atoms with E-state index in [2.05, 4.69) is 47.4 Å². The van der Waals surface area contributed by atoms with E-state index >= 15 is 0 Å². The van der Waals surface area contributed by atoms with Crippen molar-refractivity contribution in [3.05, 3.63) is 41.7 Å². The first-order valence-electron chi connectivity index (χ1n) is 6.48. The lowest BCUT2D eigenvalue weighted by Gasteiger charge is -2.18. The molecule has 0 unspecified atom stereocenters. The summed E-state index contributed by atoms with van der Waals surface area (Å²) in [4.78, 5) is 8.44. The summed E-state index contributed by atoms with van der Waals surface area (Å²) in [6.45, 7) is 9.85. The minimum atomic E-state index is 0.0298. The molecule has 0 saturated heterocycles. The fraction of sp³-hybridized carbons (Fsp3) is 0.500. The van der Waals surface area contributed by atoms with Crippen LogP contribution in [0.15, 0.2) is 24.7 Å². The monoisotopic (exact) mass is 259 g/mol. The molecule has 0 atom stereocenters. The van der Waals surface area contributed by atoms with Crippen molar-refractivity contribution < 1.29 is 0 Å². The molecule has 0 amide bonds. The number of nitrogens with one attached hydrogen (secondary N) is 1. The van der Waals surface area contributed by atoms with Crippen molar-refractivity contribution in [1.29, 1.82) is 0 Å². The summed E-state index contributed by atoms with van der Waals surface area (Å²) in [6.07, 6.45) is 5.78. The third-order valence-corrected chi connectivity index (χ3v) is 2.79. The maximum Gasteiger partial charge on any atom is 0.125 e. The van der Waals surface area contributed by atoms with Gasteiger partial charge in [0.25, 0.3) is 0 Å². The fourth-order valence-corrected chi connectivity index (χ4v) is 1.76. The maximum atomic E-state index is 4.38. The molecule has 2 rings (SSSR count). The molecule has 102 valence electrons. The zero-order valence-corrected chi connectivity index (χ0v) is 12.0. The van der Waals surface area contributed by atoms with Gasteiger partial charge >= 0.3 is 0 Å². The van der Waals surface area contributed by atoms with E-state index in [1.807, 2.05) is 23.9 Å². The molecule has 2 aromatic heterocycles. The predicted molar refractivity (Wildman–Crippen MR) is 74.5 cm³/mol. The van der Waals surface area contributed by atoms with Gasteiger partial charge in [-0.15, -0.1) is 0 Å². The SMILES string of the molecule is Cc1nccc(CNCc2cnn(C(C)(C)C)c2)n1. The molecule has 0 aliphatic carbocycles. The summed E-state index contributed by atoms with van der Waals surface area (Å²) >= 11 is 0. The normalized spacial score (nSPS) is 11.8. The van der Waals surface area contributed by atoms with Gasteiger partial charge in [-0.3, -0.25) is 4.68 Å². The van der Waals surface area contributed by atoms with Gasteiger partial charge in [-0.2, -0.15) is 5.10 Å². The summed E-state index contributed by atoms with van der Waals surface area (Å²) in [6, 6.07) is 1.93. The van der Waals surface area contributed by atoms with Crippen molar-refractivity contribution >= 4 is 0 Å². The highest BCUT2D eigenvalue weighted by Crippen LogP contribution is 2.13. The molecule has 0 aromatic carbocycles. The summed E-state index contributed by atoms with van der Waals surface area (Å²) in [5, 5.41) is 7.74. The Morgan fingerprint density at radius 1 is 1.26 bits per heavy atom. The van der Waals surface area contributed by atoms with Crippen LogP contribution in [0.2, 0.25) is 0 Å². The standard InChI is InChI=1S/C14H21N5/c1-11-16-6-5-13(18-11)9-15-7-12-8-17-19(10-12)14(2,3)4/h5-6,8,10,15H,7,9H2,1-4H3. The van der Waals surface area contributed by atoms with Crippen molar-refractivity contribution in [1.82, 2.24) is 25.1 Å². The molecule has 0 radical (unpaired) electrons. The van der Waals surface area contributed by atoms with Gasteiger partial charge in [-0.25, -0.2) is 9.97 Å². The minimum Gasteiger partial charge on any atom is -0.307 e. The third-order valence-electron chi connectivity index (χ3n) is 2.79. The van der Waals surface area contributed by atoms with Crippen molar-refractivity contribution in [2.24, 2.45) is 0 Å². The first-order chi connectivity index (χ1) is 8.95. The Bertz CT molecular complexity index is 539. The van der Waals surface area contributed by atoms with Crippen LogP contribution in [0.5, 0.6) is 0 Å². The lowest BCUT2D eigenvalue weighted by molar-refractivity contribution is 0.355. The predicted octanol–water partition coefficient (Wildman–Crippen LogP) is 2.03. The lowest BCUT2D eigenvalue weighted by Crippen LogP contribution is -2.22. The average molecular weight is 259 g/mol. The summed E-state index contributed by atoms with van der Waals surface area (Å²) < 4.78 is 1.98. The van der Waals surface area contributed by atoms with Crippen molar-refractivity contribution in [2.45, 2.75) is 46.3 Å². The number of nitrogens with zero attached hydrogens (tertiary/aromatic N) is 4. The zero-order valence-electron chi connectivity index (χ0n) is 12.0. The number of hydrogen-bond donors (Lipinski definition) is 1. The van der Waals surface area contributed by atoms with E-state index in [-0.39, 0.29) is 5.54 Å². The van der Waals surface area contributed by atoms with Crippen molar-refractivity contribution in [3.8, 4) is 0 Å². The molecule has 0 aliphatic rings. The summed E-state index contributed by atoms with van der Waals surface area (Å²) in [7, 11) is 0. The van der Waals surface area contributed by atoms with E-state index < -0.39 is 0 Å². The van der Waals surface area contributed by atoms with Crippen LogP contribution < -0.4 is 5.32 Å². The van der Waals surface area contributed by atoms with E-state index in [0.29, 0.717) is 0 Å². The Hall–Kier alpha value is -1.75. The second-order valence-electron chi connectivity index (χ2n) is 5.66. The molecule has 0 fully saturated rings. The Morgan fingerprint density at radius 2 is 2.05 bits per heavy atom. The molecule has 0 saturated carbocycles. The largest absolute Gasteiger partial charge is 0.307 e. The second kappa shape index (κ2) is 5.48. The van der Waals surface area contributed by atoms with Gasteiger partial charge in [0, 0.05) is 31.0 Å². The van der Waals surface area contributed by atoms with E-state index in [9.17, 15) is 0 Å². The average Bonchev–Trinajstić information content (AvgIpc) is 2.77. The highest BCUT2D eigenvalue weighted by atomic mass is 15.3. The van der Waals surface area contributed by atoms with Gasteiger partial charge < -0.3 is 5.32 Å². The molecule has 19 heavy (non-hydrogen) atoms. The lowest BCUT2D eigenvalue weighted by atomic mass is 10.1. The van der Waals surface area contributed by atoms with Gasteiger partial charge in [0.1, 0.15) is 5.82 Å². The molecule has 0 bridgehead atoms. The molecule has 0 spiro atoms. The Labute approximate surface area is 114 Å². The molecule has 2 aromatic rings. The Balaban J connectivity index is 1.88. The minimum absolute atomic E-state index is 0.0298. The zero-order chi connectivity index (χ0) is 13.9. The molecular formula is C14H21N5. The quantitative estimate of drug-likeness (QED) is 0.912. The van der Waals surface area contributed by atoms with Crippen LogP contribution in [0.1, 0.15) is 37.9 Å². The Morgan fingerprint density at radius 3 is 2.68 bits per heavy atom. The number of hydrogen-bond acceptors (Lipinski definition) is 4. The van der Waals surface area contributed by atoms with Crippen LogP contribution in [0.3, 0.4) is 0 Å². The van der Waals surface area contributed by atoms with Gasteiger partial charge in [0.15, 0.2) is 0 Å². The second-order valence-corrected chi connectivity index (χ2v) is 5.66. The molecule has 0 aliphatic heterocycles. The molecular weight excluding hydrogens is 238 g/mol. The molecule has 5 heteroatoms. The van der Waals surface area contributed by atoms with Gasteiger partial charge in [-0.1, -0.05) is 0 Å². The van der Waals surface area contributed by atoms with Crippen LogP contribution in [0.4, 0.5) is 0 Å². The van der Waals surface area contributed by atoms with Gasteiger partial charge in [-0.05, 0) is 33.8 Å². The van der Waals surface area contributed by atoms with Crippen LogP contribution in [0.25, 0.3) is 0 Å². The van der Waals surface area contributed by atoms with Gasteiger partial charge in [0.2, 0.25) is 0 Å². The third kappa shape index (κ3) is 3.86. The van der Waals surface area contributed by atoms with Crippen LogP contribution in [-0.2, 0) is 18.6 Å². The van der Waals surface area contributed by atoms with E-state index in [1.165, 1.54) is 5.56 Å². The van der Waals surface area contributed by atoms with Crippen molar-refractivity contribution in [2.75, 3.05) is 0 Å². The topological polar surface area (TPSA) is 55.6 Å². The summed E-state index contributed by atoms with van der Waals surface area (Å²) in [5.41, 5.74) is 2.22. The van der Waals surface area contributed by atoms with Crippen LogP contribution >= 0.6 is 0 Å². The smallest absolute Gasteiger partial charge is 0.125 e. The number of rotatable bonds is 4. The number of aromatic nitrogens is 4. The maximum absolute atomic E-state index is 4.38. The van der Waals surface area contributed by atoms with Gasteiger partial charge in [0.05, 0.1) is 17.4 Å². The number of aryl methyl sites for hydroxylation is 1.